The maximum Gasteiger partial charge on any atom is 0.291 e. The van der Waals surface area contributed by atoms with E-state index in [1.807, 2.05) is 13.8 Å². The van der Waals surface area contributed by atoms with Crippen LogP contribution in [-0.4, -0.2) is 27.4 Å². The number of hydrogen-bond donors (Lipinski definition) is 2. The molecule has 0 aliphatic carbocycles. The molecular weight excluding hydrogens is 354 g/mol. The predicted octanol–water partition coefficient (Wildman–Crippen LogP) is 3.28. The molecule has 0 radical (unpaired) electrons. The van der Waals surface area contributed by atoms with Crippen molar-refractivity contribution in [2.24, 2.45) is 0 Å². The number of anilines is 1. The van der Waals surface area contributed by atoms with Crippen LogP contribution in [0.15, 0.2) is 18.2 Å². The number of halogens is 2. The van der Waals surface area contributed by atoms with Crippen LogP contribution in [0, 0.1) is 11.6 Å². The van der Waals surface area contributed by atoms with Crippen molar-refractivity contribution in [1.29, 1.82) is 0 Å². The molecule has 2 N–H and O–H groups in total. The van der Waals surface area contributed by atoms with E-state index in [1.54, 1.807) is 4.57 Å². The monoisotopic (exact) mass is 376 g/mol. The molecule has 0 fully saturated rings. The fraction of sp³-hybridized carbons (Fsp3) is 0.421. The van der Waals surface area contributed by atoms with E-state index in [-0.39, 0.29) is 23.5 Å². The minimum atomic E-state index is -0.872. The molecule has 3 rings (SSSR count). The maximum atomic E-state index is 13.8. The summed E-state index contributed by atoms with van der Waals surface area (Å²) in [5.41, 5.74) is 0.358. The van der Waals surface area contributed by atoms with Gasteiger partial charge in [0.25, 0.3) is 11.8 Å². The molecule has 0 saturated carbocycles. The molecule has 1 aliphatic rings. The Labute approximate surface area is 156 Å². The molecule has 2 amide bonds. The van der Waals surface area contributed by atoms with Crippen LogP contribution in [0.1, 0.15) is 59.9 Å². The number of para-hydroxylation sites is 1. The van der Waals surface area contributed by atoms with Gasteiger partial charge in [-0.05, 0) is 44.7 Å². The number of aromatic nitrogens is 2. The number of nitrogens with zero attached hydrogens (tertiary/aromatic N) is 2. The van der Waals surface area contributed by atoms with Crippen molar-refractivity contribution in [3.63, 3.8) is 0 Å². The zero-order valence-electron chi connectivity index (χ0n) is 15.3. The van der Waals surface area contributed by atoms with Crippen molar-refractivity contribution < 1.29 is 18.4 Å². The van der Waals surface area contributed by atoms with E-state index in [9.17, 15) is 18.4 Å². The number of carbonyl (C=O) groups excluding carboxylic acids is 2. The highest BCUT2D eigenvalue weighted by molar-refractivity contribution is 6.03. The second-order valence-corrected chi connectivity index (χ2v) is 6.67. The van der Waals surface area contributed by atoms with Crippen molar-refractivity contribution >= 4 is 17.5 Å². The van der Waals surface area contributed by atoms with Gasteiger partial charge in [0.15, 0.2) is 5.82 Å². The third-order valence-corrected chi connectivity index (χ3v) is 4.73. The average Bonchev–Trinajstić information content (AvgIpc) is 3.04. The summed E-state index contributed by atoms with van der Waals surface area (Å²) in [4.78, 5) is 29.4. The van der Waals surface area contributed by atoms with Gasteiger partial charge < -0.3 is 15.2 Å². The normalized spacial score (nSPS) is 14.4. The lowest BCUT2D eigenvalue weighted by atomic mass is 10.1. The van der Waals surface area contributed by atoms with Gasteiger partial charge >= 0.3 is 0 Å². The number of imidazole rings is 1. The number of rotatable bonds is 5. The molecule has 2 aromatic rings. The zero-order chi connectivity index (χ0) is 19.6. The predicted molar refractivity (Wildman–Crippen MR) is 96.7 cm³/mol. The summed E-state index contributed by atoms with van der Waals surface area (Å²) >= 11 is 0. The topological polar surface area (TPSA) is 76.0 Å². The second-order valence-electron chi connectivity index (χ2n) is 6.67. The van der Waals surface area contributed by atoms with Crippen LogP contribution < -0.4 is 10.6 Å². The fourth-order valence-electron chi connectivity index (χ4n) is 3.08. The van der Waals surface area contributed by atoms with Crippen LogP contribution >= 0.6 is 0 Å². The van der Waals surface area contributed by atoms with E-state index in [2.05, 4.69) is 15.6 Å². The van der Waals surface area contributed by atoms with Gasteiger partial charge in [-0.15, -0.1) is 0 Å². The van der Waals surface area contributed by atoms with Gasteiger partial charge in [-0.3, -0.25) is 9.59 Å². The zero-order valence-corrected chi connectivity index (χ0v) is 15.3. The van der Waals surface area contributed by atoms with Crippen molar-refractivity contribution in [3.05, 3.63) is 47.0 Å². The van der Waals surface area contributed by atoms with Gasteiger partial charge in [-0.25, -0.2) is 13.8 Å². The van der Waals surface area contributed by atoms with Crippen LogP contribution in [-0.2, 0) is 13.0 Å². The molecule has 1 unspecified atom stereocenters. The summed E-state index contributed by atoms with van der Waals surface area (Å²) in [6.45, 7) is 4.37. The number of benzene rings is 1. The number of hydrogen-bond acceptors (Lipinski definition) is 3. The first kappa shape index (κ1) is 19.0. The number of fused-ring (bicyclic) bond motifs is 1. The molecule has 0 saturated heterocycles. The van der Waals surface area contributed by atoms with Gasteiger partial charge in [-0.2, -0.15) is 0 Å². The summed E-state index contributed by atoms with van der Waals surface area (Å²) in [6, 6.07) is 3.31. The first-order valence-corrected chi connectivity index (χ1v) is 9.08. The lowest BCUT2D eigenvalue weighted by Gasteiger charge is -2.17. The largest absolute Gasteiger partial charge is 0.348 e. The van der Waals surface area contributed by atoms with Gasteiger partial charge in [0.1, 0.15) is 23.0 Å². The Bertz CT molecular complexity index is 859. The lowest BCUT2D eigenvalue weighted by Crippen LogP contribution is -2.33. The highest BCUT2D eigenvalue weighted by Crippen LogP contribution is 2.23. The number of amides is 2. The first-order chi connectivity index (χ1) is 12.9. The highest BCUT2D eigenvalue weighted by atomic mass is 19.1. The Morgan fingerprint density at radius 3 is 2.59 bits per heavy atom. The smallest absolute Gasteiger partial charge is 0.291 e. The van der Waals surface area contributed by atoms with Crippen molar-refractivity contribution in [2.45, 2.75) is 52.1 Å². The molecule has 144 valence electrons. The van der Waals surface area contributed by atoms with Crippen LogP contribution in [0.3, 0.4) is 0 Å². The Morgan fingerprint density at radius 2 is 1.93 bits per heavy atom. The van der Waals surface area contributed by atoms with Crippen molar-refractivity contribution in [3.8, 4) is 0 Å². The molecule has 8 heteroatoms. The van der Waals surface area contributed by atoms with E-state index in [0.29, 0.717) is 18.7 Å². The van der Waals surface area contributed by atoms with Crippen LogP contribution in [0.5, 0.6) is 0 Å². The van der Waals surface area contributed by atoms with Gasteiger partial charge in [-0.1, -0.05) is 13.0 Å². The molecule has 1 aromatic heterocycles. The van der Waals surface area contributed by atoms with Crippen molar-refractivity contribution in [2.75, 3.05) is 5.32 Å². The molecule has 27 heavy (non-hydrogen) atoms. The first-order valence-electron chi connectivity index (χ1n) is 9.08. The van der Waals surface area contributed by atoms with Gasteiger partial charge in [0.05, 0.1) is 5.69 Å². The average molecular weight is 376 g/mol. The van der Waals surface area contributed by atoms with Crippen LogP contribution in [0.4, 0.5) is 14.5 Å². The highest BCUT2D eigenvalue weighted by Gasteiger charge is 2.28. The fourth-order valence-corrected chi connectivity index (χ4v) is 3.08. The third-order valence-electron chi connectivity index (χ3n) is 4.73. The molecule has 0 spiro atoms. The van der Waals surface area contributed by atoms with E-state index in [1.165, 1.54) is 6.07 Å². The van der Waals surface area contributed by atoms with Gasteiger partial charge in [0.2, 0.25) is 0 Å². The quantitative estimate of drug-likeness (QED) is 0.841. The maximum absolute atomic E-state index is 13.8. The van der Waals surface area contributed by atoms with E-state index < -0.39 is 23.2 Å². The number of nitrogens with one attached hydrogen (secondary N) is 2. The van der Waals surface area contributed by atoms with E-state index >= 15 is 0 Å². The molecule has 1 aliphatic heterocycles. The third kappa shape index (κ3) is 3.84. The Morgan fingerprint density at radius 1 is 1.22 bits per heavy atom. The summed E-state index contributed by atoms with van der Waals surface area (Å²) in [5, 5.41) is 5.09. The standard InChI is InChI=1S/C19H22F2N4O2/c1-3-11(2)22-18(26)16-14-9-4-5-10-25(14)17(23-16)19(27)24-15-12(20)7-6-8-13(15)21/h6-8,11H,3-5,9-10H2,1-2H3,(H,22,26)(H,24,27). The minimum absolute atomic E-state index is 0.0124. The summed E-state index contributed by atoms with van der Waals surface area (Å²) < 4.78 is 29.3. The molecule has 0 bridgehead atoms. The molecule has 1 atom stereocenters. The summed E-state index contributed by atoms with van der Waals surface area (Å²) in [7, 11) is 0. The van der Waals surface area contributed by atoms with Crippen LogP contribution in [0.25, 0.3) is 0 Å². The molecular formula is C19H22F2N4O2. The lowest BCUT2D eigenvalue weighted by molar-refractivity contribution is 0.0933. The summed E-state index contributed by atoms with van der Waals surface area (Å²) in [6.07, 6.45) is 3.11. The minimum Gasteiger partial charge on any atom is -0.348 e. The summed E-state index contributed by atoms with van der Waals surface area (Å²) in [5.74, 6) is -2.84. The van der Waals surface area contributed by atoms with Gasteiger partial charge in [0, 0.05) is 12.6 Å². The van der Waals surface area contributed by atoms with Crippen molar-refractivity contribution in [1.82, 2.24) is 14.9 Å². The Balaban J connectivity index is 1.93. The second kappa shape index (κ2) is 7.85. The molecule has 6 nitrogen and oxygen atoms in total. The Kier molecular flexibility index (Phi) is 5.53. The van der Waals surface area contributed by atoms with Crippen LogP contribution in [0.2, 0.25) is 0 Å². The van der Waals surface area contributed by atoms with E-state index in [4.69, 9.17) is 0 Å². The molecule has 2 heterocycles. The molecule has 1 aromatic carbocycles. The van der Waals surface area contributed by atoms with E-state index in [0.717, 1.165) is 31.4 Å². The number of carbonyl (C=O) groups is 2. The SMILES string of the molecule is CCC(C)NC(=O)c1nc(C(=O)Nc2c(F)cccc2F)n2c1CCCC2. The Hall–Kier alpha value is -2.77.